The van der Waals surface area contributed by atoms with E-state index in [0.717, 1.165) is 18.2 Å². The average molecular weight is 224 g/mol. The monoisotopic (exact) mass is 223 g/mol. The molecule has 1 aromatic rings. The van der Waals surface area contributed by atoms with Crippen molar-refractivity contribution in [3.05, 3.63) is 23.5 Å². The van der Waals surface area contributed by atoms with Gasteiger partial charge in [-0.1, -0.05) is 11.6 Å². The summed E-state index contributed by atoms with van der Waals surface area (Å²) in [5.41, 5.74) is 6.92. The fourth-order valence-electron chi connectivity index (χ4n) is 2.71. The number of fused-ring (bicyclic) bond motifs is 1. The molecule has 0 radical (unpaired) electrons. The molecule has 3 atom stereocenters. The number of hydrogen-bond acceptors (Lipinski definition) is 3. The fourth-order valence-corrected chi connectivity index (χ4v) is 2.88. The number of aromatic nitrogens is 1. The van der Waals surface area contributed by atoms with Crippen LogP contribution in [0.2, 0.25) is 5.02 Å². The van der Waals surface area contributed by atoms with E-state index in [-0.39, 0.29) is 0 Å². The van der Waals surface area contributed by atoms with Gasteiger partial charge in [0.25, 0.3) is 0 Å². The van der Waals surface area contributed by atoms with Gasteiger partial charge in [-0.25, -0.2) is 0 Å². The Labute approximate surface area is 94.2 Å². The van der Waals surface area contributed by atoms with Crippen LogP contribution in [0.1, 0.15) is 12.8 Å². The predicted molar refractivity (Wildman–Crippen MR) is 61.1 cm³/mol. The van der Waals surface area contributed by atoms with Gasteiger partial charge in [0, 0.05) is 24.8 Å². The number of hydrogen-bond donors (Lipinski definition) is 1. The second-order valence-electron chi connectivity index (χ2n) is 4.46. The molecule has 3 rings (SSSR count). The van der Waals surface area contributed by atoms with Crippen LogP contribution in [0.3, 0.4) is 0 Å². The Morgan fingerprint density at radius 3 is 3.07 bits per heavy atom. The van der Waals surface area contributed by atoms with Crippen LogP contribution in [-0.2, 0) is 0 Å². The van der Waals surface area contributed by atoms with Gasteiger partial charge in [0.2, 0.25) is 0 Å². The van der Waals surface area contributed by atoms with Gasteiger partial charge in [-0.3, -0.25) is 4.98 Å². The summed E-state index contributed by atoms with van der Waals surface area (Å²) >= 11 is 5.96. The van der Waals surface area contributed by atoms with E-state index >= 15 is 0 Å². The molecule has 1 aliphatic carbocycles. The SMILES string of the molecule is NCC1CC2CC2N1c1cncc(Cl)c1. The number of piperidine rings is 1. The maximum Gasteiger partial charge on any atom is 0.0609 e. The van der Waals surface area contributed by atoms with E-state index in [9.17, 15) is 0 Å². The zero-order valence-electron chi connectivity index (χ0n) is 8.44. The van der Waals surface area contributed by atoms with Crippen molar-refractivity contribution in [1.82, 2.24) is 4.98 Å². The number of pyridine rings is 1. The Morgan fingerprint density at radius 1 is 1.47 bits per heavy atom. The quantitative estimate of drug-likeness (QED) is 0.829. The molecule has 1 aliphatic heterocycles. The highest BCUT2D eigenvalue weighted by Crippen LogP contribution is 2.49. The third-order valence-electron chi connectivity index (χ3n) is 3.47. The summed E-state index contributed by atoms with van der Waals surface area (Å²) in [5.74, 6) is 0.859. The maximum absolute atomic E-state index is 5.96. The summed E-state index contributed by atoms with van der Waals surface area (Å²) < 4.78 is 0. The Balaban J connectivity index is 1.92. The highest BCUT2D eigenvalue weighted by Gasteiger charge is 2.51. The smallest absolute Gasteiger partial charge is 0.0609 e. The molecule has 15 heavy (non-hydrogen) atoms. The van der Waals surface area contributed by atoms with Crippen LogP contribution in [0.25, 0.3) is 0 Å². The van der Waals surface area contributed by atoms with E-state index < -0.39 is 0 Å². The van der Waals surface area contributed by atoms with E-state index in [0.29, 0.717) is 17.1 Å². The number of nitrogens with zero attached hydrogens (tertiary/aromatic N) is 2. The Hall–Kier alpha value is -0.800. The summed E-state index contributed by atoms with van der Waals surface area (Å²) in [4.78, 5) is 6.54. The van der Waals surface area contributed by atoms with Crippen LogP contribution >= 0.6 is 11.6 Å². The number of anilines is 1. The lowest BCUT2D eigenvalue weighted by Crippen LogP contribution is -2.38. The molecule has 2 fully saturated rings. The molecule has 0 aromatic carbocycles. The van der Waals surface area contributed by atoms with E-state index in [1.54, 1.807) is 6.20 Å². The minimum absolute atomic E-state index is 0.481. The molecule has 1 saturated heterocycles. The minimum Gasteiger partial charge on any atom is -0.363 e. The van der Waals surface area contributed by atoms with Crippen LogP contribution in [-0.4, -0.2) is 23.6 Å². The first-order valence-electron chi connectivity index (χ1n) is 5.38. The van der Waals surface area contributed by atoms with Crippen molar-refractivity contribution < 1.29 is 0 Å². The first kappa shape index (κ1) is 9.43. The molecule has 1 saturated carbocycles. The fraction of sp³-hybridized carbons (Fsp3) is 0.545. The van der Waals surface area contributed by atoms with Crippen molar-refractivity contribution in [2.45, 2.75) is 24.9 Å². The van der Waals surface area contributed by atoms with Crippen LogP contribution in [0, 0.1) is 5.92 Å². The van der Waals surface area contributed by atoms with Gasteiger partial charge in [-0.15, -0.1) is 0 Å². The minimum atomic E-state index is 0.481. The van der Waals surface area contributed by atoms with Crippen molar-refractivity contribution in [2.24, 2.45) is 11.7 Å². The molecule has 4 heteroatoms. The molecule has 0 bridgehead atoms. The molecule has 3 unspecified atom stereocenters. The summed E-state index contributed by atoms with van der Waals surface area (Å²) in [6, 6.07) is 3.16. The van der Waals surface area contributed by atoms with Gasteiger partial charge < -0.3 is 10.6 Å². The van der Waals surface area contributed by atoms with E-state index in [2.05, 4.69) is 9.88 Å². The van der Waals surface area contributed by atoms with Crippen LogP contribution < -0.4 is 10.6 Å². The molecule has 3 nitrogen and oxygen atoms in total. The number of nitrogens with two attached hydrogens (primary N) is 1. The summed E-state index contributed by atoms with van der Waals surface area (Å²) in [7, 11) is 0. The van der Waals surface area contributed by atoms with Gasteiger partial charge in [-0.05, 0) is 24.8 Å². The van der Waals surface area contributed by atoms with Crippen LogP contribution in [0.5, 0.6) is 0 Å². The molecule has 2 N–H and O–H groups in total. The lowest BCUT2D eigenvalue weighted by molar-refractivity contribution is 0.606. The Kier molecular flexibility index (Phi) is 2.11. The summed E-state index contributed by atoms with van der Waals surface area (Å²) in [5, 5.41) is 0.701. The first-order chi connectivity index (χ1) is 7.29. The van der Waals surface area contributed by atoms with Crippen molar-refractivity contribution in [3.8, 4) is 0 Å². The van der Waals surface area contributed by atoms with Gasteiger partial charge in [0.1, 0.15) is 0 Å². The summed E-state index contributed by atoms with van der Waals surface area (Å²) in [6.45, 7) is 0.722. The second kappa shape index (κ2) is 3.35. The van der Waals surface area contributed by atoms with E-state index in [1.807, 2.05) is 12.3 Å². The standard InChI is InChI=1S/C11H14ClN3/c12-8-3-10(6-14-5-8)15-9(4-13)1-7-2-11(7)15/h3,5-7,9,11H,1-2,4,13H2. The van der Waals surface area contributed by atoms with Crippen LogP contribution in [0.15, 0.2) is 18.5 Å². The van der Waals surface area contributed by atoms with Gasteiger partial charge in [0.15, 0.2) is 0 Å². The molecule has 2 heterocycles. The summed E-state index contributed by atoms with van der Waals surface area (Å²) in [6.07, 6.45) is 6.09. The topological polar surface area (TPSA) is 42.1 Å². The van der Waals surface area contributed by atoms with E-state index in [1.165, 1.54) is 12.8 Å². The highest BCUT2D eigenvalue weighted by atomic mass is 35.5. The lowest BCUT2D eigenvalue weighted by atomic mass is 10.1. The zero-order chi connectivity index (χ0) is 10.4. The largest absolute Gasteiger partial charge is 0.363 e. The Morgan fingerprint density at radius 2 is 2.33 bits per heavy atom. The van der Waals surface area contributed by atoms with Gasteiger partial charge in [0.05, 0.1) is 16.9 Å². The molecular weight excluding hydrogens is 210 g/mol. The molecule has 2 aliphatic rings. The zero-order valence-corrected chi connectivity index (χ0v) is 9.19. The second-order valence-corrected chi connectivity index (χ2v) is 4.89. The third kappa shape index (κ3) is 1.50. The van der Waals surface area contributed by atoms with Crippen molar-refractivity contribution in [3.63, 3.8) is 0 Å². The third-order valence-corrected chi connectivity index (χ3v) is 3.68. The molecule has 0 amide bonds. The number of halogens is 1. The van der Waals surface area contributed by atoms with Gasteiger partial charge in [-0.2, -0.15) is 0 Å². The molecule has 0 spiro atoms. The van der Waals surface area contributed by atoms with Crippen molar-refractivity contribution >= 4 is 17.3 Å². The lowest BCUT2D eigenvalue weighted by Gasteiger charge is -2.28. The molecular formula is C11H14ClN3. The molecule has 1 aromatic heterocycles. The molecule has 80 valence electrons. The van der Waals surface area contributed by atoms with E-state index in [4.69, 9.17) is 17.3 Å². The predicted octanol–water partition coefficient (Wildman–Crippen LogP) is 1.66. The normalized spacial score (nSPS) is 32.9. The Bertz CT molecular complexity index is 382. The first-order valence-corrected chi connectivity index (χ1v) is 5.76. The maximum atomic E-state index is 5.96. The number of rotatable bonds is 2. The van der Waals surface area contributed by atoms with Crippen molar-refractivity contribution in [1.29, 1.82) is 0 Å². The van der Waals surface area contributed by atoms with Crippen LogP contribution in [0.4, 0.5) is 5.69 Å². The highest BCUT2D eigenvalue weighted by molar-refractivity contribution is 6.30. The average Bonchev–Trinajstić information content (AvgIpc) is 2.89. The van der Waals surface area contributed by atoms with Gasteiger partial charge >= 0.3 is 0 Å². The van der Waals surface area contributed by atoms with Crippen molar-refractivity contribution in [2.75, 3.05) is 11.4 Å².